The van der Waals surface area contributed by atoms with Gasteiger partial charge < -0.3 is 11.1 Å². The monoisotopic (exact) mass is 300 g/mol. The summed E-state index contributed by atoms with van der Waals surface area (Å²) in [5.74, 6) is 0.139. The van der Waals surface area contributed by atoms with Gasteiger partial charge in [-0.15, -0.1) is 11.3 Å². The molecule has 0 aliphatic heterocycles. The van der Waals surface area contributed by atoms with Crippen molar-refractivity contribution in [1.29, 1.82) is 0 Å². The fourth-order valence-corrected chi connectivity index (χ4v) is 3.36. The maximum atomic E-state index is 12.8. The zero-order chi connectivity index (χ0) is 14.8. The Bertz CT molecular complexity index is 675. The number of anilines is 1. The Balaban J connectivity index is 2.00. The number of carbonyl (C=O) groups excluding carboxylic acids is 2. The predicted molar refractivity (Wildman–Crippen MR) is 83.9 cm³/mol. The minimum Gasteiger partial charge on any atom is -0.322 e. The highest BCUT2D eigenvalue weighted by molar-refractivity contribution is 7.15. The van der Waals surface area contributed by atoms with Gasteiger partial charge in [-0.2, -0.15) is 0 Å². The van der Waals surface area contributed by atoms with E-state index in [1.807, 2.05) is 23.6 Å². The standard InChI is InChI=1S/C16H16N2O2S/c17-8-13(19)18-16-14(12(9-21-16)10-6-7-10)15(20)11-4-2-1-3-5-11/h1-5,9-10H,6-8,17H2,(H,18,19). The van der Waals surface area contributed by atoms with Crippen LogP contribution in [-0.2, 0) is 4.79 Å². The number of amides is 1. The highest BCUT2D eigenvalue weighted by Gasteiger charge is 2.31. The molecule has 4 nitrogen and oxygen atoms in total. The number of nitrogens with two attached hydrogens (primary N) is 1. The van der Waals surface area contributed by atoms with Crippen molar-refractivity contribution in [2.24, 2.45) is 5.73 Å². The van der Waals surface area contributed by atoms with Crippen LogP contribution in [0.1, 0.15) is 40.2 Å². The highest BCUT2D eigenvalue weighted by Crippen LogP contribution is 2.46. The first-order valence-electron chi connectivity index (χ1n) is 6.91. The van der Waals surface area contributed by atoms with Crippen molar-refractivity contribution in [3.8, 4) is 0 Å². The van der Waals surface area contributed by atoms with Gasteiger partial charge in [0, 0.05) is 5.56 Å². The van der Waals surface area contributed by atoms with Gasteiger partial charge in [-0.3, -0.25) is 9.59 Å². The van der Waals surface area contributed by atoms with E-state index < -0.39 is 0 Å². The molecule has 21 heavy (non-hydrogen) atoms. The van der Waals surface area contributed by atoms with Crippen molar-refractivity contribution < 1.29 is 9.59 Å². The molecule has 5 heteroatoms. The maximum absolute atomic E-state index is 12.8. The Morgan fingerprint density at radius 1 is 1.24 bits per heavy atom. The molecule has 0 unspecified atom stereocenters. The van der Waals surface area contributed by atoms with Crippen molar-refractivity contribution in [3.05, 3.63) is 52.4 Å². The SMILES string of the molecule is NCC(=O)Nc1scc(C2CC2)c1C(=O)c1ccccc1. The zero-order valence-electron chi connectivity index (χ0n) is 11.5. The summed E-state index contributed by atoms with van der Waals surface area (Å²) in [7, 11) is 0. The Morgan fingerprint density at radius 3 is 2.57 bits per heavy atom. The predicted octanol–water partition coefficient (Wildman–Crippen LogP) is 2.75. The third kappa shape index (κ3) is 2.89. The van der Waals surface area contributed by atoms with E-state index in [-0.39, 0.29) is 18.2 Å². The van der Waals surface area contributed by atoms with E-state index in [0.717, 1.165) is 18.4 Å². The molecule has 3 rings (SSSR count). The third-order valence-electron chi connectivity index (χ3n) is 3.54. The summed E-state index contributed by atoms with van der Waals surface area (Å²) in [5, 5.41) is 5.35. The van der Waals surface area contributed by atoms with Crippen LogP contribution in [0.4, 0.5) is 5.00 Å². The lowest BCUT2D eigenvalue weighted by molar-refractivity contribution is -0.114. The van der Waals surface area contributed by atoms with E-state index in [9.17, 15) is 9.59 Å². The van der Waals surface area contributed by atoms with E-state index in [1.54, 1.807) is 12.1 Å². The number of ketones is 1. The van der Waals surface area contributed by atoms with Crippen molar-refractivity contribution in [3.63, 3.8) is 0 Å². The largest absolute Gasteiger partial charge is 0.322 e. The topological polar surface area (TPSA) is 72.2 Å². The summed E-state index contributed by atoms with van der Waals surface area (Å²) in [5.41, 5.74) is 7.68. The molecule has 1 fully saturated rings. The van der Waals surface area contributed by atoms with E-state index in [2.05, 4.69) is 5.32 Å². The minimum absolute atomic E-state index is 0.0360. The van der Waals surface area contributed by atoms with Crippen LogP contribution in [0.2, 0.25) is 0 Å². The van der Waals surface area contributed by atoms with E-state index in [0.29, 0.717) is 22.0 Å². The van der Waals surface area contributed by atoms with Gasteiger partial charge in [0.1, 0.15) is 5.00 Å². The first-order valence-corrected chi connectivity index (χ1v) is 7.79. The molecule has 0 radical (unpaired) electrons. The number of rotatable bonds is 5. The summed E-state index contributed by atoms with van der Waals surface area (Å²) in [6.07, 6.45) is 2.21. The van der Waals surface area contributed by atoms with Crippen LogP contribution in [0, 0.1) is 0 Å². The quantitative estimate of drug-likeness (QED) is 0.834. The first kappa shape index (κ1) is 14.0. The van der Waals surface area contributed by atoms with Gasteiger partial charge in [0.2, 0.25) is 5.91 Å². The highest BCUT2D eigenvalue weighted by atomic mass is 32.1. The van der Waals surface area contributed by atoms with E-state index >= 15 is 0 Å². The molecule has 3 N–H and O–H groups in total. The minimum atomic E-state index is -0.277. The Morgan fingerprint density at radius 2 is 1.95 bits per heavy atom. The van der Waals surface area contributed by atoms with Crippen LogP contribution in [0.15, 0.2) is 35.7 Å². The van der Waals surface area contributed by atoms with Gasteiger partial charge in [-0.05, 0) is 29.7 Å². The van der Waals surface area contributed by atoms with Crippen LogP contribution in [0.5, 0.6) is 0 Å². The van der Waals surface area contributed by atoms with Crippen molar-refractivity contribution in [2.45, 2.75) is 18.8 Å². The molecule has 1 aliphatic rings. The lowest BCUT2D eigenvalue weighted by atomic mass is 9.99. The molecule has 108 valence electrons. The van der Waals surface area contributed by atoms with Gasteiger partial charge in [0.15, 0.2) is 5.78 Å². The average molecular weight is 300 g/mol. The van der Waals surface area contributed by atoms with Gasteiger partial charge in [0.05, 0.1) is 12.1 Å². The van der Waals surface area contributed by atoms with Crippen LogP contribution >= 0.6 is 11.3 Å². The molecular weight excluding hydrogens is 284 g/mol. The van der Waals surface area contributed by atoms with Crippen molar-refractivity contribution in [2.75, 3.05) is 11.9 Å². The van der Waals surface area contributed by atoms with Crippen molar-refractivity contribution in [1.82, 2.24) is 0 Å². The lowest BCUT2D eigenvalue weighted by Crippen LogP contribution is -2.22. The second kappa shape index (κ2) is 5.79. The molecule has 0 spiro atoms. The maximum Gasteiger partial charge on any atom is 0.238 e. The molecule has 1 amide bonds. The molecule has 1 aromatic carbocycles. The number of nitrogens with one attached hydrogen (secondary N) is 1. The molecule has 1 aromatic heterocycles. The number of benzene rings is 1. The Hall–Kier alpha value is -1.98. The molecule has 1 heterocycles. The molecule has 1 saturated carbocycles. The number of hydrogen-bond acceptors (Lipinski definition) is 4. The normalized spacial score (nSPS) is 14.0. The zero-order valence-corrected chi connectivity index (χ0v) is 12.3. The fraction of sp³-hybridized carbons (Fsp3) is 0.250. The van der Waals surface area contributed by atoms with Crippen LogP contribution in [-0.4, -0.2) is 18.2 Å². The second-order valence-electron chi connectivity index (χ2n) is 5.12. The smallest absolute Gasteiger partial charge is 0.238 e. The average Bonchev–Trinajstić information content (AvgIpc) is 3.29. The van der Waals surface area contributed by atoms with Crippen LogP contribution in [0.3, 0.4) is 0 Å². The summed E-state index contributed by atoms with van der Waals surface area (Å²) in [6.45, 7) is -0.0877. The first-order chi connectivity index (χ1) is 10.2. The number of carbonyl (C=O) groups is 2. The third-order valence-corrected chi connectivity index (χ3v) is 4.45. The molecule has 2 aromatic rings. The Kier molecular flexibility index (Phi) is 3.86. The summed E-state index contributed by atoms with van der Waals surface area (Å²) < 4.78 is 0. The second-order valence-corrected chi connectivity index (χ2v) is 6.00. The van der Waals surface area contributed by atoms with Crippen molar-refractivity contribution >= 4 is 28.0 Å². The van der Waals surface area contributed by atoms with E-state index in [1.165, 1.54) is 11.3 Å². The molecule has 0 bridgehead atoms. The van der Waals surface area contributed by atoms with Gasteiger partial charge in [-0.25, -0.2) is 0 Å². The van der Waals surface area contributed by atoms with Gasteiger partial charge in [0.25, 0.3) is 0 Å². The summed E-state index contributed by atoms with van der Waals surface area (Å²) in [4.78, 5) is 24.3. The number of thiophene rings is 1. The summed E-state index contributed by atoms with van der Waals surface area (Å²) >= 11 is 1.40. The summed E-state index contributed by atoms with van der Waals surface area (Å²) in [6, 6.07) is 9.16. The molecular formula is C16H16N2O2S. The van der Waals surface area contributed by atoms with Gasteiger partial charge in [-0.1, -0.05) is 30.3 Å². The Labute approximate surface area is 127 Å². The van der Waals surface area contributed by atoms with Crippen LogP contribution in [0.25, 0.3) is 0 Å². The molecule has 0 saturated heterocycles. The number of hydrogen-bond donors (Lipinski definition) is 2. The fourth-order valence-electron chi connectivity index (χ4n) is 2.30. The van der Waals surface area contributed by atoms with Gasteiger partial charge >= 0.3 is 0 Å². The molecule has 1 aliphatic carbocycles. The van der Waals surface area contributed by atoms with Crippen LogP contribution < -0.4 is 11.1 Å². The van der Waals surface area contributed by atoms with E-state index in [4.69, 9.17) is 5.73 Å². The lowest BCUT2D eigenvalue weighted by Gasteiger charge is -2.07. The molecule has 0 atom stereocenters.